The number of rotatable bonds is 7. The van der Waals surface area contributed by atoms with Crippen LogP contribution in [-0.2, 0) is 24.6 Å². The summed E-state index contributed by atoms with van der Waals surface area (Å²) in [6.45, 7) is 1.33. The van der Waals surface area contributed by atoms with Gasteiger partial charge in [0.1, 0.15) is 12.1 Å². The van der Waals surface area contributed by atoms with Gasteiger partial charge in [-0.1, -0.05) is 11.6 Å². The van der Waals surface area contributed by atoms with E-state index in [0.717, 1.165) is 29.9 Å². The number of carbonyl (C=O) groups is 2. The van der Waals surface area contributed by atoms with E-state index in [1.54, 1.807) is 0 Å². The predicted octanol–water partition coefficient (Wildman–Crippen LogP) is 3.20. The van der Waals surface area contributed by atoms with Crippen LogP contribution in [0.2, 0.25) is 0 Å². The van der Waals surface area contributed by atoms with Crippen molar-refractivity contribution in [2.75, 3.05) is 0 Å². The summed E-state index contributed by atoms with van der Waals surface area (Å²) in [4.78, 5) is 35.2. The molecule has 0 saturated carbocycles. The Kier molecular flexibility index (Phi) is 6.56. The van der Waals surface area contributed by atoms with Gasteiger partial charge in [0.05, 0.1) is 18.2 Å². The number of aromatic nitrogens is 2. The van der Waals surface area contributed by atoms with Gasteiger partial charge < -0.3 is 14.8 Å². The Labute approximate surface area is 197 Å². The molecule has 0 unspecified atom stereocenters. The van der Waals surface area contributed by atoms with E-state index >= 15 is 0 Å². The lowest BCUT2D eigenvalue weighted by molar-refractivity contribution is -0.306. The van der Waals surface area contributed by atoms with Crippen LogP contribution >= 0.6 is 11.6 Å². The molecule has 2 fully saturated rings. The van der Waals surface area contributed by atoms with Crippen LogP contribution in [-0.4, -0.2) is 56.9 Å². The van der Waals surface area contributed by atoms with Gasteiger partial charge in [-0.2, -0.15) is 0 Å². The highest BCUT2D eigenvalue weighted by molar-refractivity contribution is 6.29. The highest BCUT2D eigenvalue weighted by Crippen LogP contribution is 2.40. The first kappa shape index (κ1) is 24.4. The number of carbonyl (C=O) groups excluding carboxylic acids is 2. The quantitative estimate of drug-likeness (QED) is 0.453. The van der Waals surface area contributed by atoms with Crippen LogP contribution in [0.1, 0.15) is 38.2 Å². The number of amides is 2. The summed E-state index contributed by atoms with van der Waals surface area (Å²) in [6, 6.07) is -0.343. The van der Waals surface area contributed by atoms with Crippen molar-refractivity contribution in [3.8, 4) is 0 Å². The summed E-state index contributed by atoms with van der Waals surface area (Å²) >= 11 is 5.47. The molecule has 1 N–H and O–H groups in total. The average Bonchev–Trinajstić information content (AvgIpc) is 3.51. The maximum Gasteiger partial charge on any atom is 0.572 e. The maximum atomic E-state index is 14.1. The minimum atomic E-state index is -4.96. The van der Waals surface area contributed by atoms with Crippen LogP contribution < -0.4 is 5.32 Å². The molecule has 13 heteroatoms. The van der Waals surface area contributed by atoms with E-state index in [-0.39, 0.29) is 29.5 Å². The summed E-state index contributed by atoms with van der Waals surface area (Å²) in [7, 11) is 0. The zero-order chi connectivity index (χ0) is 24.7. The maximum absolute atomic E-state index is 14.1. The van der Waals surface area contributed by atoms with E-state index in [0.29, 0.717) is 6.42 Å². The topological polar surface area (TPSA) is 93.6 Å². The van der Waals surface area contributed by atoms with E-state index in [4.69, 9.17) is 16.3 Å². The molecule has 1 aromatic rings. The first-order valence-electron chi connectivity index (χ1n) is 10.5. The van der Waals surface area contributed by atoms with Gasteiger partial charge in [0.25, 0.3) is 17.4 Å². The second-order valence-electron chi connectivity index (χ2n) is 8.38. The van der Waals surface area contributed by atoms with Crippen molar-refractivity contribution < 1.29 is 36.6 Å². The summed E-state index contributed by atoms with van der Waals surface area (Å²) in [5.74, 6) is -2.57. The van der Waals surface area contributed by atoms with E-state index in [9.17, 15) is 27.2 Å². The lowest BCUT2D eigenvalue weighted by Gasteiger charge is -2.41. The molecule has 4 rings (SSSR count). The number of ether oxygens (including phenoxy) is 2. The second-order valence-corrected chi connectivity index (χ2v) is 8.76. The van der Waals surface area contributed by atoms with E-state index < -0.39 is 41.5 Å². The van der Waals surface area contributed by atoms with Crippen molar-refractivity contribution >= 4 is 23.4 Å². The fourth-order valence-electron chi connectivity index (χ4n) is 4.62. The molecule has 0 aromatic carbocycles. The number of allylic oxidation sites excluding steroid dienone is 2. The molecule has 1 aliphatic carbocycles. The smallest absolute Gasteiger partial charge is 0.410 e. The molecule has 34 heavy (non-hydrogen) atoms. The lowest BCUT2D eigenvalue weighted by atomic mass is 9.88. The van der Waals surface area contributed by atoms with Gasteiger partial charge in [-0.05, 0) is 38.3 Å². The predicted molar refractivity (Wildman–Crippen MR) is 109 cm³/mol. The largest absolute Gasteiger partial charge is 0.572 e. The molecule has 3 aliphatic rings. The number of alkyl halides is 5. The molecule has 1 aromatic heterocycles. The first-order chi connectivity index (χ1) is 16.0. The number of hydrogen-bond acceptors (Lipinski definition) is 6. The fourth-order valence-corrected chi connectivity index (χ4v) is 4.71. The second kappa shape index (κ2) is 9.14. The standard InChI is InChI=1S/C21H21ClF4N4O4/c1-20(11-8-27-10-28-9-11,19(32)29-15-7-13-4-5-16(15)33-13)30(18(31)17(22)23)12-2-3-14(6-12)34-21(24,25)26/h2-3,8-10,13,15-17H,4-7H2,1H3,(H,29,32)/t13-,15+,16+,17-,20-/m0/s1. The Hall–Kier alpha value is -2.73. The van der Waals surface area contributed by atoms with Gasteiger partial charge in [0.15, 0.2) is 5.54 Å². The molecular weight excluding hydrogens is 484 g/mol. The molecule has 2 saturated heterocycles. The third kappa shape index (κ3) is 4.74. The van der Waals surface area contributed by atoms with Crippen LogP contribution in [0.5, 0.6) is 0 Å². The highest BCUT2D eigenvalue weighted by atomic mass is 35.5. The Balaban J connectivity index is 1.69. The minimum Gasteiger partial charge on any atom is -0.410 e. The van der Waals surface area contributed by atoms with Gasteiger partial charge in [-0.3, -0.25) is 14.5 Å². The van der Waals surface area contributed by atoms with Crippen LogP contribution in [0.25, 0.3) is 0 Å². The molecule has 184 valence electrons. The number of nitrogens with one attached hydrogen (secondary N) is 1. The van der Waals surface area contributed by atoms with Gasteiger partial charge in [-0.15, -0.1) is 13.2 Å². The normalized spacial score (nSPS) is 26.4. The number of nitrogens with zero attached hydrogens (tertiary/aromatic N) is 3. The van der Waals surface area contributed by atoms with Crippen LogP contribution in [0.3, 0.4) is 0 Å². The number of hydrogen-bond donors (Lipinski definition) is 1. The molecule has 8 nitrogen and oxygen atoms in total. The first-order valence-corrected chi connectivity index (χ1v) is 10.9. The third-order valence-corrected chi connectivity index (χ3v) is 6.38. The number of fused-ring (bicyclic) bond motifs is 2. The van der Waals surface area contributed by atoms with Gasteiger partial charge >= 0.3 is 6.36 Å². The molecule has 2 amide bonds. The summed E-state index contributed by atoms with van der Waals surface area (Å²) in [6.07, 6.45) is 2.40. The van der Waals surface area contributed by atoms with Gasteiger partial charge in [0, 0.05) is 30.1 Å². The third-order valence-electron chi connectivity index (χ3n) is 6.19. The van der Waals surface area contributed by atoms with Gasteiger partial charge in [0.2, 0.25) is 0 Å². The summed E-state index contributed by atoms with van der Waals surface area (Å²) in [5, 5.41) is 2.86. The van der Waals surface area contributed by atoms with Crippen LogP contribution in [0, 0.1) is 0 Å². The lowest BCUT2D eigenvalue weighted by Crippen LogP contribution is -2.59. The van der Waals surface area contributed by atoms with Crippen molar-refractivity contribution in [1.82, 2.24) is 20.2 Å². The molecule has 2 aliphatic heterocycles. The molecular formula is C21H21ClF4N4O4. The summed E-state index contributed by atoms with van der Waals surface area (Å²) < 4.78 is 62.0. The average molecular weight is 505 g/mol. The Morgan fingerprint density at radius 2 is 1.97 bits per heavy atom. The number of halogens is 5. The monoisotopic (exact) mass is 504 g/mol. The van der Waals surface area contributed by atoms with E-state index in [2.05, 4.69) is 20.0 Å². The van der Waals surface area contributed by atoms with Crippen molar-refractivity contribution in [2.24, 2.45) is 0 Å². The van der Waals surface area contributed by atoms with Crippen molar-refractivity contribution in [1.29, 1.82) is 0 Å². The summed E-state index contributed by atoms with van der Waals surface area (Å²) in [5.41, 5.74) is -4.53. The molecule has 3 heterocycles. The minimum absolute atomic E-state index is 0.0150. The zero-order valence-corrected chi connectivity index (χ0v) is 18.6. The SMILES string of the molecule is C[C@@](C(=O)N[C@@H]1C[C@@H]2CC[C@H]1O2)(c1cncnc1)N(C(=O)[C@H](F)Cl)C1=CC=C(OC(F)(F)F)C1. The molecule has 2 bridgehead atoms. The Morgan fingerprint density at radius 1 is 1.26 bits per heavy atom. The molecule has 5 atom stereocenters. The van der Waals surface area contributed by atoms with Gasteiger partial charge in [-0.25, -0.2) is 14.4 Å². The highest BCUT2D eigenvalue weighted by Gasteiger charge is 2.51. The van der Waals surface area contributed by atoms with E-state index in [1.165, 1.54) is 25.6 Å². The Bertz CT molecular complexity index is 1020. The Morgan fingerprint density at radius 3 is 2.53 bits per heavy atom. The van der Waals surface area contributed by atoms with Crippen molar-refractivity contribution in [3.63, 3.8) is 0 Å². The fraction of sp³-hybridized carbons (Fsp3) is 0.524. The van der Waals surface area contributed by atoms with Crippen molar-refractivity contribution in [2.45, 2.75) is 68.4 Å². The molecule has 0 radical (unpaired) electrons. The van der Waals surface area contributed by atoms with E-state index in [1.807, 2.05) is 0 Å². The van der Waals surface area contributed by atoms with Crippen molar-refractivity contribution in [3.05, 3.63) is 47.9 Å². The zero-order valence-electron chi connectivity index (χ0n) is 17.9. The van der Waals surface area contributed by atoms with Crippen LogP contribution in [0.4, 0.5) is 17.6 Å². The molecule has 0 spiro atoms. The van der Waals surface area contributed by atoms with Crippen LogP contribution in [0.15, 0.2) is 42.3 Å².